The molecule has 6 amide bonds. The van der Waals surface area contributed by atoms with Crippen molar-refractivity contribution in [1.29, 1.82) is 0 Å². The van der Waals surface area contributed by atoms with Crippen molar-refractivity contribution >= 4 is 138 Å². The molecule has 12 unspecified atom stereocenters. The zero-order valence-electron chi connectivity index (χ0n) is 59.1. The number of hydrogen-bond acceptors (Lipinski definition) is 34. The maximum Gasteiger partial charge on any atom is 1.00 e. The van der Waals surface area contributed by atoms with Gasteiger partial charge in [0.1, 0.15) is 122 Å². The van der Waals surface area contributed by atoms with Gasteiger partial charge in [-0.25, -0.2) is 39.5 Å². The van der Waals surface area contributed by atoms with Crippen molar-refractivity contribution < 1.29 is 164 Å². The van der Waals surface area contributed by atoms with Crippen LogP contribution in [0.2, 0.25) is 0 Å². The number of nitrogens with zero attached hydrogens (tertiary/aromatic N) is 8. The predicted molar refractivity (Wildman–Crippen MR) is 376 cm³/mol. The molecule has 0 aliphatic carbocycles. The SMILES string of the molecule is C=C(NC(=O)c1csc(-c2nc3c(cc2OP([O-])OC)-c2nc(cs2)C(=O)NC(C(C)O)C(=O)N/C(=C(\C)OC)c2nc(cs2)C(=O)NC2c4nc(cs4)C(=O)NC(COC(=O)c4c5c6c(cccc6n4OP([O-])OC)COC(=O)C(OC4CC(C)(O)C(N(C)C)C(C)O4)C2OC5)c2nc-3cs2)n1)C(N)=O.[Na+].[Na+]. The van der Waals surface area contributed by atoms with Gasteiger partial charge in [-0.05, 0) is 59.5 Å². The van der Waals surface area contributed by atoms with Gasteiger partial charge in [-0.3, -0.25) is 28.8 Å². The molecule has 45 heteroatoms. The fourth-order valence-electron chi connectivity index (χ4n) is 12.1. The maximum atomic E-state index is 15.5. The smallest absolute Gasteiger partial charge is 0.776 e. The first-order valence-electron chi connectivity index (χ1n) is 31.5. The topological polar surface area (TPSA) is 487 Å². The van der Waals surface area contributed by atoms with Gasteiger partial charge >= 0.3 is 71.1 Å². The number of rotatable bonds is 15. The standard InChI is InChI=1S/C63H64N14O22P2S5.2Na/c1-24(50(64)79)65-51(80)33-21-105-59(70-33)44-38(98-100(88)91-9)14-29-43(72-44)32-19-103-57(67-32)31-18-95-61(85)46-30-17-93-47(48(97-39-15-63(5,87)49(76(6)7)27(4)96-39)62(86)94-16-28-12-11-13-37(40(28)30)77(46)99-101(89)92-10)45(60-71-34(22-106-60)52(81)66-31)75-54(83)36-23-104-58(69-36)42(26(3)90-8)74-55(84)41(25(2)78)73-53(82)35-20-102-56(29)68-35;;/h11-14,19-23,25,27,31,39,41,45,47-49,78,87H,1,15-18H2,2-10H3,(H2,64,79)(H,65,80)(H,66,81)(H,73,82)(H,74,84)(H,75,83);;/q-2;2*+1/b42-26+;;. The fraction of sp³-hybridized carbons (Fsp3) is 0.365. The molecular formula is C63H64N14Na2O22P2S5. The van der Waals surface area contributed by atoms with E-state index >= 15 is 19.2 Å². The van der Waals surface area contributed by atoms with E-state index < -0.39 is 156 Å². The van der Waals surface area contributed by atoms with Gasteiger partial charge in [-0.2, -0.15) is 4.73 Å². The Hall–Kier alpha value is -6.84. The first kappa shape index (κ1) is 83.6. The van der Waals surface area contributed by atoms with E-state index in [4.69, 9.17) is 67.3 Å². The van der Waals surface area contributed by atoms with Crippen molar-refractivity contribution in [2.24, 2.45) is 5.73 Å². The Kier molecular flexibility index (Phi) is 27.3. The molecule has 4 aliphatic heterocycles. The second-order valence-electron chi connectivity index (χ2n) is 24.3. The molecule has 0 radical (unpaired) electrons. The van der Waals surface area contributed by atoms with Crippen molar-refractivity contribution in [2.75, 3.05) is 42.0 Å². The Morgan fingerprint density at radius 2 is 1.48 bits per heavy atom. The second kappa shape index (κ2) is 35.2. The van der Waals surface area contributed by atoms with Gasteiger partial charge in [0.05, 0.1) is 48.8 Å². The number of likely N-dealkylation sites (N-methyl/N-ethyl adjacent to an activating group) is 1. The van der Waals surface area contributed by atoms with Crippen molar-refractivity contribution in [3.8, 4) is 38.4 Å². The Labute approximate surface area is 680 Å². The van der Waals surface area contributed by atoms with Crippen LogP contribution in [-0.2, 0) is 65.1 Å². The van der Waals surface area contributed by atoms with Crippen LogP contribution in [0.5, 0.6) is 5.75 Å². The monoisotopic (exact) mass is 1640 g/mol. The molecule has 560 valence electrons. The van der Waals surface area contributed by atoms with Gasteiger partial charge < -0.3 is 104 Å². The third-order valence-corrected chi connectivity index (χ3v) is 22.6. The number of cyclic esters (lactones) is 2. The van der Waals surface area contributed by atoms with Gasteiger partial charge in [0.25, 0.3) is 29.5 Å². The summed E-state index contributed by atoms with van der Waals surface area (Å²) in [5.74, 6) is -8.39. The number of amides is 6. The summed E-state index contributed by atoms with van der Waals surface area (Å²) in [5, 5.41) is 43.2. The Bertz CT molecular complexity index is 4840. The van der Waals surface area contributed by atoms with Crippen molar-refractivity contribution in [3.63, 3.8) is 0 Å². The molecule has 9 N–H and O–H groups in total. The largest absolute Gasteiger partial charge is 1.00 e. The van der Waals surface area contributed by atoms with Crippen LogP contribution in [0.1, 0.15) is 125 Å². The van der Waals surface area contributed by atoms with Crippen LogP contribution in [0.15, 0.2) is 69.2 Å². The Morgan fingerprint density at radius 3 is 2.17 bits per heavy atom. The number of primary amides is 1. The van der Waals surface area contributed by atoms with E-state index in [0.29, 0.717) is 0 Å². The Balaban J connectivity index is 0.00000622. The van der Waals surface area contributed by atoms with Gasteiger partial charge in [-0.1, -0.05) is 18.7 Å². The first-order chi connectivity index (χ1) is 50.5. The average Bonchev–Trinajstić information content (AvgIpc) is 1.56. The van der Waals surface area contributed by atoms with E-state index in [1.807, 2.05) is 0 Å². The van der Waals surface area contributed by atoms with E-state index in [0.717, 1.165) is 75.6 Å². The summed E-state index contributed by atoms with van der Waals surface area (Å²) in [7, 11) is 0.919. The first-order valence-corrected chi connectivity index (χ1v) is 38.1. The number of hydrogen-bond donors (Lipinski definition) is 8. The molecule has 1 aromatic carbocycles. The molecule has 12 bridgehead atoms. The maximum absolute atomic E-state index is 15.5. The van der Waals surface area contributed by atoms with Crippen LogP contribution in [0, 0.1) is 0 Å². The second-order valence-corrected chi connectivity index (χ2v) is 30.6. The molecule has 12 atom stereocenters. The molecule has 1 saturated heterocycles. The molecule has 108 heavy (non-hydrogen) atoms. The number of fused-ring (bicyclic) bond motifs is 15. The molecule has 7 aromatic heterocycles. The number of nitrogens with two attached hydrogens (primary N) is 1. The summed E-state index contributed by atoms with van der Waals surface area (Å²) in [6, 6.07) is 0.449. The van der Waals surface area contributed by atoms with Crippen molar-refractivity contribution in [1.82, 2.24) is 66.1 Å². The summed E-state index contributed by atoms with van der Waals surface area (Å²) in [4.78, 5) is 173. The summed E-state index contributed by atoms with van der Waals surface area (Å²) >= 11 is 4.30. The van der Waals surface area contributed by atoms with Gasteiger partial charge in [0, 0.05) is 64.1 Å². The number of aromatic nitrogens is 7. The zero-order chi connectivity index (χ0) is 75.9. The minimum atomic E-state index is -3.08. The van der Waals surface area contributed by atoms with Gasteiger partial charge in [-0.15, -0.1) is 56.7 Å². The number of benzene rings is 1. The fourth-order valence-corrected chi connectivity index (χ4v) is 17.0. The molecule has 11 heterocycles. The number of esters is 2. The third-order valence-electron chi connectivity index (χ3n) is 16.9. The van der Waals surface area contributed by atoms with E-state index in [9.17, 15) is 39.2 Å². The number of carbonyl (C=O) groups excluding carboxylic acids is 8. The van der Waals surface area contributed by atoms with Crippen LogP contribution in [0.4, 0.5) is 0 Å². The van der Waals surface area contributed by atoms with E-state index in [1.54, 1.807) is 45.0 Å². The van der Waals surface area contributed by atoms with Crippen LogP contribution >= 0.6 is 73.9 Å². The minimum Gasteiger partial charge on any atom is -0.776 e. The molecule has 36 nitrogen and oxygen atoms in total. The number of nitrogens with one attached hydrogen (secondary N) is 5. The number of thiazole rings is 5. The number of aliphatic hydroxyl groups is 2. The summed E-state index contributed by atoms with van der Waals surface area (Å²) in [5.41, 5.74) is 1.56. The number of methoxy groups -OCH3 is 1. The molecule has 4 aliphatic rings. The molecule has 12 rings (SSSR count). The molecule has 0 saturated carbocycles. The van der Waals surface area contributed by atoms with Gasteiger partial charge in [0.15, 0.2) is 32.4 Å². The zero-order valence-corrected chi connectivity index (χ0v) is 68.9. The normalized spacial score (nSPS) is 23.2. The quantitative estimate of drug-likeness (QED) is 0.0169. The van der Waals surface area contributed by atoms with E-state index in [-0.39, 0.29) is 175 Å². The third kappa shape index (κ3) is 17.7. The van der Waals surface area contributed by atoms with Crippen LogP contribution in [-0.4, -0.2) is 188 Å². The van der Waals surface area contributed by atoms with Crippen molar-refractivity contribution in [2.45, 2.75) is 108 Å². The number of ether oxygens (including phenoxy) is 6. The van der Waals surface area contributed by atoms with Crippen LogP contribution in [0.25, 0.3) is 49.3 Å². The summed E-state index contributed by atoms with van der Waals surface area (Å²) in [6.45, 7) is 7.44. The van der Waals surface area contributed by atoms with Crippen LogP contribution < -0.4 is 110 Å². The number of carbonyl (C=O) groups is 8. The van der Waals surface area contributed by atoms with E-state index in [2.05, 4.69) is 48.1 Å². The Morgan fingerprint density at radius 1 is 0.833 bits per heavy atom. The molecular weight excluding hydrogens is 1570 g/mol. The molecule has 0 spiro atoms. The molecule has 8 aromatic rings. The summed E-state index contributed by atoms with van der Waals surface area (Å²) in [6.07, 6.45) is -7.83. The number of aliphatic hydroxyl groups excluding tert-OH is 1. The minimum absolute atomic E-state index is 0. The average molecular weight is 1640 g/mol. The number of allylic oxidation sites excluding steroid dienone is 1. The predicted octanol–water partition coefficient (Wildman–Crippen LogP) is -2.77. The van der Waals surface area contributed by atoms with Crippen molar-refractivity contribution in [3.05, 3.63) is 124 Å². The van der Waals surface area contributed by atoms with Crippen LogP contribution in [0.3, 0.4) is 0 Å². The van der Waals surface area contributed by atoms with E-state index in [1.165, 1.54) is 60.0 Å². The van der Waals surface area contributed by atoms with Gasteiger partial charge in [0.2, 0.25) is 5.91 Å². The molecule has 1 fully saturated rings. The summed E-state index contributed by atoms with van der Waals surface area (Å²) < 4.78 is 60.8. The number of pyridine rings is 1.